The fourth-order valence-electron chi connectivity index (χ4n) is 1.58. The van der Waals surface area contributed by atoms with Crippen LogP contribution in [0, 0.1) is 17.0 Å². The minimum atomic E-state index is -0.497. The Bertz CT molecular complexity index is 606. The van der Waals surface area contributed by atoms with E-state index in [1.165, 1.54) is 16.9 Å². The summed E-state index contributed by atoms with van der Waals surface area (Å²) in [6.45, 7) is 4.31. The zero-order valence-corrected chi connectivity index (χ0v) is 11.2. The van der Waals surface area contributed by atoms with E-state index in [0.717, 1.165) is 0 Å². The molecule has 0 aliphatic rings. The molecule has 0 aliphatic heterocycles. The number of aromatic nitrogens is 3. The molecule has 1 N–H and O–H groups in total. The zero-order valence-electron chi connectivity index (χ0n) is 10.4. The number of pyridine rings is 1. The molecule has 8 heteroatoms. The third kappa shape index (κ3) is 2.65. The second-order valence-electron chi connectivity index (χ2n) is 3.83. The van der Waals surface area contributed by atoms with Gasteiger partial charge in [-0.05, 0) is 19.9 Å². The summed E-state index contributed by atoms with van der Waals surface area (Å²) in [7, 11) is 0. The first kappa shape index (κ1) is 13.3. The molecular formula is C11H12ClN5O2. The molecule has 2 aromatic rings. The summed E-state index contributed by atoms with van der Waals surface area (Å²) in [6, 6.07) is 2.95. The molecule has 0 amide bonds. The monoisotopic (exact) mass is 281 g/mol. The molecule has 2 rings (SSSR count). The van der Waals surface area contributed by atoms with Crippen LogP contribution in [0.5, 0.6) is 0 Å². The Labute approximate surface area is 114 Å². The molecule has 0 saturated carbocycles. The second kappa shape index (κ2) is 5.23. The van der Waals surface area contributed by atoms with Gasteiger partial charge >= 0.3 is 5.69 Å². The van der Waals surface area contributed by atoms with Crippen molar-refractivity contribution >= 4 is 23.1 Å². The van der Waals surface area contributed by atoms with Crippen molar-refractivity contribution in [2.45, 2.75) is 13.8 Å². The Morgan fingerprint density at radius 3 is 2.79 bits per heavy atom. The first-order valence-electron chi connectivity index (χ1n) is 5.64. The highest BCUT2D eigenvalue weighted by atomic mass is 35.5. The van der Waals surface area contributed by atoms with Gasteiger partial charge < -0.3 is 5.32 Å². The van der Waals surface area contributed by atoms with Crippen molar-refractivity contribution in [2.75, 3.05) is 11.9 Å². The fraction of sp³-hybridized carbons (Fsp3) is 0.273. The molecule has 0 spiro atoms. The first-order chi connectivity index (χ1) is 9.02. The Kier molecular flexibility index (Phi) is 3.66. The highest BCUT2D eigenvalue weighted by molar-refractivity contribution is 6.31. The van der Waals surface area contributed by atoms with E-state index in [2.05, 4.69) is 15.4 Å². The number of nitro groups is 1. The molecule has 0 bridgehead atoms. The van der Waals surface area contributed by atoms with Crippen LogP contribution in [0.15, 0.2) is 18.3 Å². The van der Waals surface area contributed by atoms with Gasteiger partial charge in [-0.3, -0.25) is 10.1 Å². The number of aryl methyl sites for hydroxylation is 1. The molecule has 0 saturated heterocycles. The maximum absolute atomic E-state index is 11.0. The van der Waals surface area contributed by atoms with E-state index in [-0.39, 0.29) is 11.5 Å². The Balaban J connectivity index is 2.57. The van der Waals surface area contributed by atoms with Crippen LogP contribution in [-0.4, -0.2) is 26.2 Å². The SMILES string of the molecule is CCNc1ccc([N+](=O)[O-])c(-n2cc(Cl)c(C)n2)n1. The Hall–Kier alpha value is -2.15. The van der Waals surface area contributed by atoms with Crippen LogP contribution >= 0.6 is 11.6 Å². The maximum atomic E-state index is 11.0. The van der Waals surface area contributed by atoms with Crippen LogP contribution in [0.2, 0.25) is 5.02 Å². The van der Waals surface area contributed by atoms with Crippen molar-refractivity contribution in [3.8, 4) is 5.82 Å². The Morgan fingerprint density at radius 1 is 1.53 bits per heavy atom. The van der Waals surface area contributed by atoms with Crippen LogP contribution in [0.1, 0.15) is 12.6 Å². The number of hydrogen-bond donors (Lipinski definition) is 1. The van der Waals surface area contributed by atoms with E-state index in [1.54, 1.807) is 13.0 Å². The molecule has 2 heterocycles. The average molecular weight is 282 g/mol. The van der Waals surface area contributed by atoms with Crippen LogP contribution in [0.25, 0.3) is 5.82 Å². The van der Waals surface area contributed by atoms with E-state index < -0.39 is 4.92 Å². The lowest BCUT2D eigenvalue weighted by atomic mass is 10.3. The molecule has 0 unspecified atom stereocenters. The summed E-state index contributed by atoms with van der Waals surface area (Å²) < 4.78 is 1.32. The lowest BCUT2D eigenvalue weighted by molar-refractivity contribution is -0.384. The van der Waals surface area contributed by atoms with Gasteiger partial charge in [-0.25, -0.2) is 9.67 Å². The highest BCUT2D eigenvalue weighted by Gasteiger charge is 2.19. The summed E-state index contributed by atoms with van der Waals surface area (Å²) in [5.41, 5.74) is 0.465. The number of hydrogen-bond acceptors (Lipinski definition) is 5. The highest BCUT2D eigenvalue weighted by Crippen LogP contribution is 2.24. The first-order valence-corrected chi connectivity index (χ1v) is 6.02. The molecule has 0 fully saturated rings. The van der Waals surface area contributed by atoms with Gasteiger partial charge in [0.15, 0.2) is 0 Å². The normalized spacial score (nSPS) is 10.5. The summed E-state index contributed by atoms with van der Waals surface area (Å²) in [6.07, 6.45) is 1.50. The van der Waals surface area contributed by atoms with E-state index in [1.807, 2.05) is 6.92 Å². The lowest BCUT2D eigenvalue weighted by Crippen LogP contribution is -2.07. The largest absolute Gasteiger partial charge is 0.370 e. The molecule has 0 atom stereocenters. The summed E-state index contributed by atoms with van der Waals surface area (Å²) in [4.78, 5) is 14.7. The van der Waals surface area contributed by atoms with Gasteiger partial charge in [-0.1, -0.05) is 11.6 Å². The van der Waals surface area contributed by atoms with E-state index >= 15 is 0 Å². The number of rotatable bonds is 4. The number of nitrogens with one attached hydrogen (secondary N) is 1. The van der Waals surface area contributed by atoms with Crippen LogP contribution < -0.4 is 5.32 Å². The predicted molar refractivity (Wildman–Crippen MR) is 71.9 cm³/mol. The standard InChI is InChI=1S/C11H12ClN5O2/c1-3-13-10-5-4-9(17(18)19)11(14-10)16-6-8(12)7(2)15-16/h4-6H,3H2,1-2H3,(H,13,14). The molecule has 7 nitrogen and oxygen atoms in total. The fourth-order valence-corrected chi connectivity index (χ4v) is 1.71. The van der Waals surface area contributed by atoms with Crippen LogP contribution in [0.3, 0.4) is 0 Å². The van der Waals surface area contributed by atoms with Gasteiger partial charge in [-0.15, -0.1) is 0 Å². The smallest absolute Gasteiger partial charge is 0.313 e. The number of nitrogens with zero attached hydrogens (tertiary/aromatic N) is 4. The van der Waals surface area contributed by atoms with Crippen molar-refractivity contribution in [3.05, 3.63) is 39.2 Å². The minimum Gasteiger partial charge on any atom is -0.370 e. The van der Waals surface area contributed by atoms with E-state index in [0.29, 0.717) is 23.1 Å². The third-order valence-corrected chi connectivity index (χ3v) is 2.84. The van der Waals surface area contributed by atoms with Crippen molar-refractivity contribution < 1.29 is 4.92 Å². The number of halogens is 1. The van der Waals surface area contributed by atoms with Crippen molar-refractivity contribution in [3.63, 3.8) is 0 Å². The summed E-state index contributed by atoms with van der Waals surface area (Å²) in [5, 5.41) is 18.6. The van der Waals surface area contributed by atoms with Crippen LogP contribution in [0.4, 0.5) is 11.5 Å². The zero-order chi connectivity index (χ0) is 14.0. The van der Waals surface area contributed by atoms with E-state index in [4.69, 9.17) is 11.6 Å². The summed E-state index contributed by atoms with van der Waals surface area (Å²) >= 11 is 5.92. The lowest BCUT2D eigenvalue weighted by Gasteiger charge is -2.06. The summed E-state index contributed by atoms with van der Waals surface area (Å²) in [5.74, 6) is 0.686. The van der Waals surface area contributed by atoms with Gasteiger partial charge in [0, 0.05) is 12.6 Å². The van der Waals surface area contributed by atoms with Gasteiger partial charge in [-0.2, -0.15) is 5.10 Å². The average Bonchev–Trinajstić information content (AvgIpc) is 2.69. The topological polar surface area (TPSA) is 85.9 Å². The van der Waals surface area contributed by atoms with Gasteiger partial charge in [0.05, 0.1) is 21.8 Å². The van der Waals surface area contributed by atoms with Gasteiger partial charge in [0.25, 0.3) is 0 Å². The van der Waals surface area contributed by atoms with Crippen LogP contribution in [-0.2, 0) is 0 Å². The quantitative estimate of drug-likeness (QED) is 0.687. The van der Waals surface area contributed by atoms with E-state index in [9.17, 15) is 10.1 Å². The predicted octanol–water partition coefficient (Wildman–Crippen LogP) is 2.57. The Morgan fingerprint density at radius 2 is 2.26 bits per heavy atom. The van der Waals surface area contributed by atoms with Crippen molar-refractivity contribution in [1.29, 1.82) is 0 Å². The third-order valence-electron chi connectivity index (χ3n) is 2.47. The van der Waals surface area contributed by atoms with Crippen molar-refractivity contribution in [2.24, 2.45) is 0 Å². The maximum Gasteiger partial charge on any atom is 0.313 e. The van der Waals surface area contributed by atoms with Gasteiger partial charge in [0.2, 0.25) is 5.82 Å². The molecule has 19 heavy (non-hydrogen) atoms. The van der Waals surface area contributed by atoms with Crippen molar-refractivity contribution in [1.82, 2.24) is 14.8 Å². The second-order valence-corrected chi connectivity index (χ2v) is 4.24. The molecule has 100 valence electrons. The minimum absolute atomic E-state index is 0.124. The van der Waals surface area contributed by atoms with Gasteiger partial charge in [0.1, 0.15) is 5.82 Å². The number of anilines is 1. The molecule has 0 aromatic carbocycles. The molecule has 0 aliphatic carbocycles. The molecule has 0 radical (unpaired) electrons. The molecular weight excluding hydrogens is 270 g/mol. The molecule has 2 aromatic heterocycles.